The highest BCUT2D eigenvalue weighted by molar-refractivity contribution is 7.91. The summed E-state index contributed by atoms with van der Waals surface area (Å²) in [7, 11) is -3.43. The van der Waals surface area contributed by atoms with E-state index >= 15 is 0 Å². The Bertz CT molecular complexity index is 577. The standard InChI is InChI=1S/C13H23N3O3S2/c1-4-12(17)9-15-5-7-16(8-6-15)21(18,19)13-10(2)14-11(3)20-13/h12,17H,4-9H2,1-3H3/t12-/m1/s1. The minimum Gasteiger partial charge on any atom is -0.392 e. The molecular weight excluding hydrogens is 310 g/mol. The first kappa shape index (κ1) is 16.8. The van der Waals surface area contributed by atoms with Gasteiger partial charge >= 0.3 is 0 Å². The van der Waals surface area contributed by atoms with Gasteiger partial charge in [0.1, 0.15) is 0 Å². The molecule has 0 unspecified atom stereocenters. The number of piperazine rings is 1. The van der Waals surface area contributed by atoms with Gasteiger partial charge in [0.15, 0.2) is 4.21 Å². The quantitative estimate of drug-likeness (QED) is 0.864. The monoisotopic (exact) mass is 333 g/mol. The molecule has 1 aliphatic heterocycles. The highest BCUT2D eigenvalue weighted by Gasteiger charge is 2.31. The average Bonchev–Trinajstić information content (AvgIpc) is 2.79. The number of aliphatic hydroxyl groups excluding tert-OH is 1. The number of rotatable bonds is 5. The number of hydrogen-bond donors (Lipinski definition) is 1. The van der Waals surface area contributed by atoms with E-state index in [0.717, 1.165) is 11.4 Å². The zero-order valence-electron chi connectivity index (χ0n) is 12.7. The summed E-state index contributed by atoms with van der Waals surface area (Å²) in [4.78, 5) is 6.32. The van der Waals surface area contributed by atoms with Crippen molar-refractivity contribution in [2.24, 2.45) is 0 Å². The van der Waals surface area contributed by atoms with Crippen molar-refractivity contribution in [3.63, 3.8) is 0 Å². The van der Waals surface area contributed by atoms with Gasteiger partial charge in [-0.15, -0.1) is 11.3 Å². The van der Waals surface area contributed by atoms with Crippen LogP contribution in [-0.2, 0) is 10.0 Å². The Morgan fingerprint density at radius 2 is 1.90 bits per heavy atom. The molecule has 8 heteroatoms. The second-order valence-electron chi connectivity index (χ2n) is 5.37. The lowest BCUT2D eigenvalue weighted by atomic mass is 10.2. The van der Waals surface area contributed by atoms with Crippen molar-refractivity contribution in [3.05, 3.63) is 10.7 Å². The van der Waals surface area contributed by atoms with Crippen LogP contribution in [0, 0.1) is 13.8 Å². The fourth-order valence-corrected chi connectivity index (χ4v) is 5.49. The molecule has 0 amide bonds. The lowest BCUT2D eigenvalue weighted by molar-refractivity contribution is 0.0897. The minimum absolute atomic E-state index is 0.334. The van der Waals surface area contributed by atoms with Gasteiger partial charge in [-0.3, -0.25) is 4.90 Å². The molecule has 1 atom stereocenters. The number of thiazole rings is 1. The van der Waals surface area contributed by atoms with Gasteiger partial charge in [-0.2, -0.15) is 4.31 Å². The van der Waals surface area contributed by atoms with E-state index in [0.29, 0.717) is 42.6 Å². The van der Waals surface area contributed by atoms with E-state index in [1.54, 1.807) is 6.92 Å². The molecule has 0 radical (unpaired) electrons. The van der Waals surface area contributed by atoms with Crippen molar-refractivity contribution in [3.8, 4) is 0 Å². The summed E-state index contributed by atoms with van der Waals surface area (Å²) >= 11 is 1.24. The van der Waals surface area contributed by atoms with Crippen molar-refractivity contribution in [1.29, 1.82) is 0 Å². The third-order valence-corrected chi connectivity index (χ3v) is 7.26. The molecule has 0 aromatic carbocycles. The van der Waals surface area contributed by atoms with E-state index < -0.39 is 10.0 Å². The molecule has 0 saturated carbocycles. The van der Waals surface area contributed by atoms with Crippen LogP contribution in [0.2, 0.25) is 0 Å². The number of β-amino-alcohol motifs (C(OH)–C–C–N with tert-alkyl or cyclic N) is 1. The second kappa shape index (κ2) is 6.70. The molecule has 1 saturated heterocycles. The zero-order chi connectivity index (χ0) is 15.6. The van der Waals surface area contributed by atoms with Gasteiger partial charge in [0.2, 0.25) is 0 Å². The van der Waals surface area contributed by atoms with Gasteiger partial charge in [-0.25, -0.2) is 13.4 Å². The Labute approximate surface area is 130 Å². The first-order valence-corrected chi connectivity index (χ1v) is 9.44. The fraction of sp³-hybridized carbons (Fsp3) is 0.769. The van der Waals surface area contributed by atoms with Crippen molar-refractivity contribution >= 4 is 21.4 Å². The molecule has 1 aromatic heterocycles. The zero-order valence-corrected chi connectivity index (χ0v) is 14.4. The van der Waals surface area contributed by atoms with Gasteiger partial charge < -0.3 is 5.11 Å². The smallest absolute Gasteiger partial charge is 0.254 e. The van der Waals surface area contributed by atoms with Crippen LogP contribution in [0.4, 0.5) is 0 Å². The highest BCUT2D eigenvalue weighted by Crippen LogP contribution is 2.26. The van der Waals surface area contributed by atoms with Gasteiger partial charge in [-0.05, 0) is 20.3 Å². The number of aromatic nitrogens is 1. The molecular formula is C13H23N3O3S2. The Kier molecular flexibility index (Phi) is 5.37. The van der Waals surface area contributed by atoms with Crippen LogP contribution in [0.1, 0.15) is 24.0 Å². The molecule has 0 spiro atoms. The van der Waals surface area contributed by atoms with E-state index in [9.17, 15) is 13.5 Å². The van der Waals surface area contributed by atoms with E-state index in [2.05, 4.69) is 9.88 Å². The third-order valence-electron chi connectivity index (χ3n) is 3.71. The van der Waals surface area contributed by atoms with Crippen LogP contribution in [0.15, 0.2) is 4.21 Å². The molecule has 2 rings (SSSR count). The molecule has 2 heterocycles. The number of hydrogen-bond acceptors (Lipinski definition) is 6. The maximum atomic E-state index is 12.6. The fourth-order valence-electron chi connectivity index (χ4n) is 2.45. The average molecular weight is 333 g/mol. The molecule has 1 aliphatic rings. The van der Waals surface area contributed by atoms with E-state index in [1.807, 2.05) is 13.8 Å². The van der Waals surface area contributed by atoms with E-state index in [4.69, 9.17) is 0 Å². The lowest BCUT2D eigenvalue weighted by Crippen LogP contribution is -2.50. The Balaban J connectivity index is 2.03. The van der Waals surface area contributed by atoms with Crippen LogP contribution in [-0.4, -0.2) is 66.5 Å². The van der Waals surface area contributed by atoms with Crippen LogP contribution in [0.5, 0.6) is 0 Å². The van der Waals surface area contributed by atoms with Crippen LogP contribution in [0.25, 0.3) is 0 Å². The molecule has 120 valence electrons. The van der Waals surface area contributed by atoms with Crippen molar-refractivity contribution in [1.82, 2.24) is 14.2 Å². The topological polar surface area (TPSA) is 73.7 Å². The first-order valence-electron chi connectivity index (χ1n) is 7.19. The normalized spacial score (nSPS) is 19.8. The maximum Gasteiger partial charge on any atom is 0.254 e. The number of nitrogens with zero attached hydrogens (tertiary/aromatic N) is 3. The number of aryl methyl sites for hydroxylation is 2. The SMILES string of the molecule is CC[C@@H](O)CN1CCN(S(=O)(=O)c2sc(C)nc2C)CC1. The summed E-state index contributed by atoms with van der Waals surface area (Å²) in [6, 6.07) is 0. The summed E-state index contributed by atoms with van der Waals surface area (Å²) in [6.45, 7) is 8.37. The van der Waals surface area contributed by atoms with Gasteiger partial charge in [0.05, 0.1) is 16.8 Å². The maximum absolute atomic E-state index is 12.6. The van der Waals surface area contributed by atoms with Crippen molar-refractivity contribution in [2.75, 3.05) is 32.7 Å². The van der Waals surface area contributed by atoms with Crippen LogP contribution >= 0.6 is 11.3 Å². The molecule has 1 aromatic rings. The summed E-state index contributed by atoms with van der Waals surface area (Å²) < 4.78 is 27.2. The molecule has 21 heavy (non-hydrogen) atoms. The number of aliphatic hydroxyl groups is 1. The van der Waals surface area contributed by atoms with Gasteiger partial charge in [0.25, 0.3) is 10.0 Å². The lowest BCUT2D eigenvalue weighted by Gasteiger charge is -2.34. The van der Waals surface area contributed by atoms with Gasteiger partial charge in [0, 0.05) is 32.7 Å². The summed E-state index contributed by atoms with van der Waals surface area (Å²) in [5, 5.41) is 10.4. The predicted molar refractivity (Wildman–Crippen MR) is 83.1 cm³/mol. The summed E-state index contributed by atoms with van der Waals surface area (Å²) in [5.74, 6) is 0. The van der Waals surface area contributed by atoms with E-state index in [1.165, 1.54) is 15.6 Å². The first-order chi connectivity index (χ1) is 9.84. The third kappa shape index (κ3) is 3.81. The summed E-state index contributed by atoms with van der Waals surface area (Å²) in [5.41, 5.74) is 0.585. The van der Waals surface area contributed by atoms with Crippen LogP contribution < -0.4 is 0 Å². The Morgan fingerprint density at radius 3 is 2.38 bits per heavy atom. The summed E-state index contributed by atoms with van der Waals surface area (Å²) in [6.07, 6.45) is 0.386. The van der Waals surface area contributed by atoms with Crippen molar-refractivity contribution < 1.29 is 13.5 Å². The largest absolute Gasteiger partial charge is 0.392 e. The second-order valence-corrected chi connectivity index (χ2v) is 8.71. The van der Waals surface area contributed by atoms with Crippen LogP contribution in [0.3, 0.4) is 0 Å². The minimum atomic E-state index is -3.43. The predicted octanol–water partition coefficient (Wildman–Crippen LogP) is 0.837. The van der Waals surface area contributed by atoms with E-state index in [-0.39, 0.29) is 6.10 Å². The molecule has 0 bridgehead atoms. The molecule has 1 N–H and O–H groups in total. The number of sulfonamides is 1. The highest BCUT2D eigenvalue weighted by atomic mass is 32.2. The molecule has 1 fully saturated rings. The van der Waals surface area contributed by atoms with Gasteiger partial charge in [-0.1, -0.05) is 6.92 Å². The Morgan fingerprint density at radius 1 is 1.29 bits per heavy atom. The molecule has 6 nitrogen and oxygen atoms in total. The molecule has 0 aliphatic carbocycles. The Hall–Kier alpha value is -0.540. The van der Waals surface area contributed by atoms with Crippen molar-refractivity contribution in [2.45, 2.75) is 37.5 Å².